The molecular weight excluding hydrogens is 166 g/mol. The zero-order chi connectivity index (χ0) is 9.84. The highest BCUT2D eigenvalue weighted by Gasteiger charge is 2.22. The molecule has 0 radical (unpaired) electrons. The van der Waals surface area contributed by atoms with Gasteiger partial charge in [-0.2, -0.15) is 5.10 Å². The Morgan fingerprint density at radius 2 is 2.31 bits per heavy atom. The molecule has 0 saturated heterocycles. The number of nitrogens with two attached hydrogens (primary N) is 1. The smallest absolute Gasteiger partial charge is 0.248 e. The molecule has 4 heteroatoms. The summed E-state index contributed by atoms with van der Waals surface area (Å²) in [6.07, 6.45) is 1.40. The molecule has 4 nitrogen and oxygen atoms in total. The fourth-order valence-corrected chi connectivity index (χ4v) is 1.20. The number of nitrogens with zero attached hydrogens (tertiary/aromatic N) is 2. The summed E-state index contributed by atoms with van der Waals surface area (Å²) in [5, 5.41) is 5.68. The molecule has 13 heavy (non-hydrogen) atoms. The number of rotatable bonds is 4. The summed E-state index contributed by atoms with van der Waals surface area (Å²) in [4.78, 5) is 11.3. The number of hydrazone groups is 1. The lowest BCUT2D eigenvalue weighted by Gasteiger charge is -2.12. The van der Waals surface area contributed by atoms with Crippen molar-refractivity contribution in [2.45, 2.75) is 26.7 Å². The summed E-state index contributed by atoms with van der Waals surface area (Å²) in [6, 6.07) is 0. The Kier molecular flexibility index (Phi) is 3.42. The molecule has 1 amide bonds. The Bertz CT molecular complexity index is 223. The van der Waals surface area contributed by atoms with Crippen LogP contribution >= 0.6 is 0 Å². The lowest BCUT2D eigenvalue weighted by molar-refractivity contribution is -0.128. The van der Waals surface area contributed by atoms with Crippen LogP contribution in [0.3, 0.4) is 0 Å². The van der Waals surface area contributed by atoms with Gasteiger partial charge >= 0.3 is 0 Å². The van der Waals surface area contributed by atoms with Crippen LogP contribution in [0, 0.1) is 5.92 Å². The van der Waals surface area contributed by atoms with Gasteiger partial charge in [0.15, 0.2) is 0 Å². The van der Waals surface area contributed by atoms with E-state index in [2.05, 4.69) is 18.9 Å². The Balaban J connectivity index is 2.41. The second-order valence-corrected chi connectivity index (χ2v) is 3.75. The third-order valence-corrected chi connectivity index (χ3v) is 2.06. The number of carbonyl (C=O) groups excluding carboxylic acids is 1. The molecule has 1 aliphatic rings. The van der Waals surface area contributed by atoms with Crippen LogP contribution in [-0.4, -0.2) is 29.7 Å². The standard InChI is InChI=1S/C9H17N3O/c1-7(2)3-4-12-9(13)5-8(6-10)11-12/h7H,3-6,10H2,1-2H3. The quantitative estimate of drug-likeness (QED) is 0.693. The molecule has 0 bridgehead atoms. The van der Waals surface area contributed by atoms with Crippen LogP contribution in [0.5, 0.6) is 0 Å². The predicted molar refractivity (Wildman–Crippen MR) is 52.3 cm³/mol. The first kappa shape index (κ1) is 10.2. The molecule has 0 unspecified atom stereocenters. The van der Waals surface area contributed by atoms with Gasteiger partial charge in [0.05, 0.1) is 12.1 Å². The van der Waals surface area contributed by atoms with E-state index >= 15 is 0 Å². The molecule has 0 spiro atoms. The van der Waals surface area contributed by atoms with Gasteiger partial charge in [0.1, 0.15) is 0 Å². The molecule has 0 fully saturated rings. The van der Waals surface area contributed by atoms with E-state index in [1.165, 1.54) is 0 Å². The maximum absolute atomic E-state index is 11.3. The lowest BCUT2D eigenvalue weighted by Crippen LogP contribution is -2.22. The van der Waals surface area contributed by atoms with Crippen molar-refractivity contribution in [1.29, 1.82) is 0 Å². The van der Waals surface area contributed by atoms with Gasteiger partial charge in [-0.3, -0.25) is 4.79 Å². The van der Waals surface area contributed by atoms with Crippen LogP contribution in [0.2, 0.25) is 0 Å². The molecule has 1 rings (SSSR count). The van der Waals surface area contributed by atoms with Crippen molar-refractivity contribution in [2.24, 2.45) is 16.8 Å². The van der Waals surface area contributed by atoms with E-state index in [1.54, 1.807) is 5.01 Å². The Morgan fingerprint density at radius 3 is 2.77 bits per heavy atom. The first-order valence-electron chi connectivity index (χ1n) is 4.70. The molecule has 0 aromatic heterocycles. The van der Waals surface area contributed by atoms with E-state index in [0.717, 1.165) is 18.7 Å². The number of hydrogen-bond acceptors (Lipinski definition) is 3. The van der Waals surface area contributed by atoms with Crippen LogP contribution < -0.4 is 5.73 Å². The Labute approximate surface area is 78.8 Å². The van der Waals surface area contributed by atoms with Crippen LogP contribution in [0.15, 0.2) is 5.10 Å². The maximum atomic E-state index is 11.3. The van der Waals surface area contributed by atoms with Crippen molar-refractivity contribution in [3.05, 3.63) is 0 Å². The minimum atomic E-state index is 0.0844. The Morgan fingerprint density at radius 1 is 1.62 bits per heavy atom. The summed E-state index contributed by atoms with van der Waals surface area (Å²) in [5.41, 5.74) is 6.20. The van der Waals surface area contributed by atoms with Gasteiger partial charge < -0.3 is 5.73 Å². The van der Waals surface area contributed by atoms with E-state index in [-0.39, 0.29) is 5.91 Å². The first-order valence-corrected chi connectivity index (χ1v) is 4.70. The number of amides is 1. The highest BCUT2D eigenvalue weighted by molar-refractivity contribution is 6.05. The van der Waals surface area contributed by atoms with Crippen molar-refractivity contribution in [3.63, 3.8) is 0 Å². The van der Waals surface area contributed by atoms with Gasteiger partial charge in [-0.1, -0.05) is 13.8 Å². The van der Waals surface area contributed by atoms with Gasteiger partial charge in [-0.05, 0) is 12.3 Å². The highest BCUT2D eigenvalue weighted by atomic mass is 16.2. The maximum Gasteiger partial charge on any atom is 0.248 e. The summed E-state index contributed by atoms with van der Waals surface area (Å²) in [6.45, 7) is 5.38. The second-order valence-electron chi connectivity index (χ2n) is 3.75. The van der Waals surface area contributed by atoms with E-state index in [0.29, 0.717) is 18.9 Å². The van der Waals surface area contributed by atoms with E-state index in [9.17, 15) is 4.79 Å². The van der Waals surface area contributed by atoms with Crippen molar-refractivity contribution < 1.29 is 4.79 Å². The molecule has 0 atom stereocenters. The van der Waals surface area contributed by atoms with Crippen molar-refractivity contribution >= 4 is 11.6 Å². The minimum absolute atomic E-state index is 0.0844. The van der Waals surface area contributed by atoms with Gasteiger partial charge in [-0.25, -0.2) is 5.01 Å². The van der Waals surface area contributed by atoms with Crippen molar-refractivity contribution in [1.82, 2.24) is 5.01 Å². The monoisotopic (exact) mass is 183 g/mol. The van der Waals surface area contributed by atoms with Crippen LogP contribution in [0.1, 0.15) is 26.7 Å². The SMILES string of the molecule is CC(C)CCN1N=C(CN)CC1=O. The van der Waals surface area contributed by atoms with Crippen LogP contribution in [0.4, 0.5) is 0 Å². The molecule has 2 N–H and O–H groups in total. The van der Waals surface area contributed by atoms with Gasteiger partial charge in [0, 0.05) is 13.1 Å². The number of carbonyl (C=O) groups is 1. The lowest BCUT2D eigenvalue weighted by atomic mass is 10.1. The van der Waals surface area contributed by atoms with E-state index in [1.807, 2.05) is 0 Å². The molecule has 0 aromatic rings. The summed E-state index contributed by atoms with van der Waals surface area (Å²) >= 11 is 0. The van der Waals surface area contributed by atoms with Crippen molar-refractivity contribution in [3.8, 4) is 0 Å². The fourth-order valence-electron chi connectivity index (χ4n) is 1.20. The summed E-state index contributed by atoms with van der Waals surface area (Å²) < 4.78 is 0. The Hall–Kier alpha value is -0.900. The topological polar surface area (TPSA) is 58.7 Å². The second kappa shape index (κ2) is 4.37. The average Bonchev–Trinajstić information content (AvgIpc) is 2.43. The number of hydrogen-bond donors (Lipinski definition) is 1. The molecule has 74 valence electrons. The van der Waals surface area contributed by atoms with Gasteiger partial charge in [0.2, 0.25) is 5.91 Å². The van der Waals surface area contributed by atoms with Crippen LogP contribution in [0.25, 0.3) is 0 Å². The largest absolute Gasteiger partial charge is 0.325 e. The molecular formula is C9H17N3O. The zero-order valence-electron chi connectivity index (χ0n) is 8.29. The summed E-state index contributed by atoms with van der Waals surface area (Å²) in [5.74, 6) is 0.686. The minimum Gasteiger partial charge on any atom is -0.325 e. The van der Waals surface area contributed by atoms with E-state index < -0.39 is 0 Å². The molecule has 0 saturated carbocycles. The molecule has 1 heterocycles. The van der Waals surface area contributed by atoms with Gasteiger partial charge in [0.25, 0.3) is 0 Å². The summed E-state index contributed by atoms with van der Waals surface area (Å²) in [7, 11) is 0. The zero-order valence-corrected chi connectivity index (χ0v) is 8.29. The molecule has 0 aliphatic carbocycles. The molecule has 0 aromatic carbocycles. The average molecular weight is 183 g/mol. The molecule has 1 aliphatic heterocycles. The van der Waals surface area contributed by atoms with E-state index in [4.69, 9.17) is 5.73 Å². The predicted octanol–water partition coefficient (Wildman–Crippen LogP) is 0.580. The third kappa shape index (κ3) is 2.81. The fraction of sp³-hybridized carbons (Fsp3) is 0.778. The highest BCUT2D eigenvalue weighted by Crippen LogP contribution is 2.10. The van der Waals surface area contributed by atoms with Crippen LogP contribution in [-0.2, 0) is 4.79 Å². The first-order chi connectivity index (χ1) is 6.13. The normalized spacial score (nSPS) is 17.1. The van der Waals surface area contributed by atoms with Crippen molar-refractivity contribution in [2.75, 3.05) is 13.1 Å². The third-order valence-electron chi connectivity index (χ3n) is 2.06. The van der Waals surface area contributed by atoms with Gasteiger partial charge in [-0.15, -0.1) is 0 Å².